The van der Waals surface area contributed by atoms with E-state index in [1.807, 2.05) is 31.4 Å². The molecule has 0 aromatic heterocycles. The molecule has 0 saturated heterocycles. The number of ketones is 1. The predicted octanol–water partition coefficient (Wildman–Crippen LogP) is 2.79. The van der Waals surface area contributed by atoms with E-state index in [-0.39, 0.29) is 5.78 Å². The van der Waals surface area contributed by atoms with E-state index in [1.54, 1.807) is 6.08 Å². The van der Waals surface area contributed by atoms with Crippen molar-refractivity contribution in [2.45, 2.75) is 38.6 Å². The van der Waals surface area contributed by atoms with Gasteiger partial charge in [-0.3, -0.25) is 4.79 Å². The van der Waals surface area contributed by atoms with E-state index >= 15 is 0 Å². The highest BCUT2D eigenvalue weighted by atomic mass is 16.1. The Labute approximate surface area is 91.0 Å². The van der Waals surface area contributed by atoms with Crippen LogP contribution in [0, 0.1) is 0 Å². The third kappa shape index (κ3) is 1.54. The topological polar surface area (TPSA) is 20.3 Å². The molecule has 0 spiro atoms. The van der Waals surface area contributed by atoms with Crippen LogP contribution in [0.5, 0.6) is 0 Å². The van der Waals surface area contributed by atoms with E-state index in [0.717, 1.165) is 25.0 Å². The zero-order valence-electron chi connectivity index (χ0n) is 9.36. The lowest BCUT2D eigenvalue weighted by Gasteiger charge is -2.34. The Morgan fingerprint density at radius 3 is 2.93 bits per heavy atom. The zero-order chi connectivity index (χ0) is 10.9. The third-order valence-corrected chi connectivity index (χ3v) is 3.16. The van der Waals surface area contributed by atoms with Gasteiger partial charge >= 0.3 is 0 Å². The molecular weight excluding hydrogens is 186 g/mol. The molecule has 15 heavy (non-hydrogen) atoms. The maximum absolute atomic E-state index is 11.9. The minimum absolute atomic E-state index is 0.203. The van der Waals surface area contributed by atoms with Crippen molar-refractivity contribution in [1.82, 2.24) is 4.90 Å². The Morgan fingerprint density at radius 1 is 1.40 bits per heavy atom. The van der Waals surface area contributed by atoms with Gasteiger partial charge in [0.1, 0.15) is 5.54 Å². The highest BCUT2D eigenvalue weighted by Gasteiger charge is 2.41. The summed E-state index contributed by atoms with van der Waals surface area (Å²) < 4.78 is 0. The molecule has 0 saturated carbocycles. The first-order valence-corrected chi connectivity index (χ1v) is 5.59. The first-order valence-electron chi connectivity index (χ1n) is 5.59. The van der Waals surface area contributed by atoms with Gasteiger partial charge in [0.05, 0.1) is 0 Å². The van der Waals surface area contributed by atoms with Crippen LogP contribution in [0.25, 0.3) is 0 Å². The molecule has 80 valence electrons. The summed E-state index contributed by atoms with van der Waals surface area (Å²) in [6.07, 6.45) is 13.0. The van der Waals surface area contributed by atoms with E-state index in [1.165, 1.54) is 0 Å². The molecule has 1 atom stereocenters. The molecule has 2 heterocycles. The lowest BCUT2D eigenvalue weighted by molar-refractivity contribution is -0.119. The molecule has 0 aromatic carbocycles. The molecule has 0 N–H and O–H groups in total. The average molecular weight is 203 g/mol. The summed E-state index contributed by atoms with van der Waals surface area (Å²) >= 11 is 0. The number of carbonyl (C=O) groups excluding carboxylic acids is 1. The normalized spacial score (nSPS) is 28.3. The Hall–Kier alpha value is -1.31. The number of hydrogen-bond acceptors (Lipinski definition) is 2. The summed E-state index contributed by atoms with van der Waals surface area (Å²) in [6.45, 7) is 4.15. The van der Waals surface area contributed by atoms with E-state index in [0.29, 0.717) is 0 Å². The second kappa shape index (κ2) is 3.69. The number of nitrogens with zero attached hydrogens (tertiary/aromatic N) is 1. The molecule has 0 radical (unpaired) electrons. The van der Waals surface area contributed by atoms with Crippen LogP contribution in [0.4, 0.5) is 0 Å². The standard InChI is InChI=1S/C13H17NO/c1-3-4-7-11-10-12(15)13(2)8-5-6-9-14(11)13/h5-6,8-10H,3-4,7H2,1-2H3. The Balaban J connectivity index is 2.22. The lowest BCUT2D eigenvalue weighted by Crippen LogP contribution is -2.42. The quantitative estimate of drug-likeness (QED) is 0.703. The molecule has 1 unspecified atom stereocenters. The van der Waals surface area contributed by atoms with Crippen LogP contribution < -0.4 is 0 Å². The van der Waals surface area contributed by atoms with Gasteiger partial charge in [-0.1, -0.05) is 25.5 Å². The largest absolute Gasteiger partial charge is 0.335 e. The molecule has 0 aliphatic carbocycles. The molecule has 2 aliphatic rings. The van der Waals surface area contributed by atoms with Gasteiger partial charge < -0.3 is 4.90 Å². The second-order valence-corrected chi connectivity index (χ2v) is 4.32. The average Bonchev–Trinajstić information content (AvgIpc) is 2.49. The number of allylic oxidation sites excluding steroid dienone is 3. The summed E-state index contributed by atoms with van der Waals surface area (Å²) in [6, 6.07) is 0. The molecule has 2 heteroatoms. The molecule has 0 amide bonds. The van der Waals surface area contributed by atoms with Crippen LogP contribution in [-0.2, 0) is 4.79 Å². The predicted molar refractivity (Wildman–Crippen MR) is 61.1 cm³/mol. The maximum atomic E-state index is 11.9. The number of hydrogen-bond donors (Lipinski definition) is 0. The summed E-state index contributed by atoms with van der Waals surface area (Å²) in [4.78, 5) is 14.0. The van der Waals surface area contributed by atoms with Crippen LogP contribution in [0.2, 0.25) is 0 Å². The highest BCUT2D eigenvalue weighted by Crippen LogP contribution is 2.35. The summed E-state index contributed by atoms with van der Waals surface area (Å²) in [5, 5.41) is 0. The van der Waals surface area contributed by atoms with Gasteiger partial charge in [-0.05, 0) is 25.8 Å². The number of carbonyl (C=O) groups is 1. The lowest BCUT2D eigenvalue weighted by atomic mass is 9.95. The maximum Gasteiger partial charge on any atom is 0.186 e. The van der Waals surface area contributed by atoms with Crippen LogP contribution in [-0.4, -0.2) is 16.2 Å². The van der Waals surface area contributed by atoms with Gasteiger partial charge in [-0.2, -0.15) is 0 Å². The van der Waals surface area contributed by atoms with Crippen molar-refractivity contribution >= 4 is 5.78 Å². The molecule has 2 rings (SSSR count). The summed E-state index contributed by atoms with van der Waals surface area (Å²) in [5.41, 5.74) is 0.711. The SMILES string of the molecule is CCCCC1=CC(=O)C2(C)C=CC=CN12. The Bertz CT molecular complexity index is 365. The third-order valence-electron chi connectivity index (χ3n) is 3.16. The van der Waals surface area contributed by atoms with Crippen molar-refractivity contribution in [3.8, 4) is 0 Å². The van der Waals surface area contributed by atoms with Crippen molar-refractivity contribution in [2.24, 2.45) is 0 Å². The fourth-order valence-electron chi connectivity index (χ4n) is 2.13. The molecular formula is C13H17NO. The first kappa shape index (κ1) is 10.2. The van der Waals surface area contributed by atoms with E-state index in [4.69, 9.17) is 0 Å². The highest BCUT2D eigenvalue weighted by molar-refractivity contribution is 6.02. The number of unbranched alkanes of at least 4 members (excludes halogenated alkanes) is 1. The van der Waals surface area contributed by atoms with Crippen LogP contribution in [0.1, 0.15) is 33.1 Å². The Morgan fingerprint density at radius 2 is 2.20 bits per heavy atom. The number of rotatable bonds is 3. The fraction of sp³-hybridized carbons (Fsp3) is 0.462. The van der Waals surface area contributed by atoms with Gasteiger partial charge in [0, 0.05) is 18.0 Å². The van der Waals surface area contributed by atoms with Crippen molar-refractivity contribution in [3.63, 3.8) is 0 Å². The molecule has 2 nitrogen and oxygen atoms in total. The number of fused-ring (bicyclic) bond motifs is 1. The zero-order valence-corrected chi connectivity index (χ0v) is 9.36. The van der Waals surface area contributed by atoms with Gasteiger partial charge in [0.15, 0.2) is 5.78 Å². The van der Waals surface area contributed by atoms with Gasteiger partial charge in [-0.25, -0.2) is 0 Å². The fourth-order valence-corrected chi connectivity index (χ4v) is 2.13. The van der Waals surface area contributed by atoms with Crippen LogP contribution in [0.15, 0.2) is 36.2 Å². The summed E-state index contributed by atoms with van der Waals surface area (Å²) in [7, 11) is 0. The second-order valence-electron chi connectivity index (χ2n) is 4.32. The van der Waals surface area contributed by atoms with Gasteiger partial charge in [-0.15, -0.1) is 0 Å². The molecule has 2 aliphatic heterocycles. The molecule has 0 aromatic rings. The molecule has 0 fully saturated rings. The van der Waals surface area contributed by atoms with Crippen molar-refractivity contribution in [3.05, 3.63) is 36.2 Å². The van der Waals surface area contributed by atoms with E-state index in [2.05, 4.69) is 11.8 Å². The minimum atomic E-state index is -0.447. The monoisotopic (exact) mass is 203 g/mol. The van der Waals surface area contributed by atoms with Crippen LogP contribution in [0.3, 0.4) is 0 Å². The summed E-state index contributed by atoms with van der Waals surface area (Å²) in [5.74, 6) is 0.203. The minimum Gasteiger partial charge on any atom is -0.335 e. The van der Waals surface area contributed by atoms with E-state index in [9.17, 15) is 4.79 Å². The van der Waals surface area contributed by atoms with Crippen molar-refractivity contribution in [1.29, 1.82) is 0 Å². The first-order chi connectivity index (χ1) is 7.18. The molecule has 0 bridgehead atoms. The van der Waals surface area contributed by atoms with Crippen molar-refractivity contribution in [2.75, 3.05) is 0 Å². The van der Waals surface area contributed by atoms with Gasteiger partial charge in [0.2, 0.25) is 0 Å². The van der Waals surface area contributed by atoms with Crippen LogP contribution >= 0.6 is 0 Å². The van der Waals surface area contributed by atoms with Gasteiger partial charge in [0.25, 0.3) is 0 Å². The Kier molecular flexibility index (Phi) is 2.51. The van der Waals surface area contributed by atoms with E-state index < -0.39 is 5.54 Å². The van der Waals surface area contributed by atoms with Crippen molar-refractivity contribution < 1.29 is 4.79 Å². The smallest absolute Gasteiger partial charge is 0.186 e.